The maximum absolute atomic E-state index is 13.1. The largest absolute Gasteiger partial charge is 0.465 e. The topological polar surface area (TPSA) is 107 Å². The number of hydrogen-bond donors (Lipinski definition) is 1. The Morgan fingerprint density at radius 1 is 1.00 bits per heavy atom. The quantitative estimate of drug-likeness (QED) is 0.711. The summed E-state index contributed by atoms with van der Waals surface area (Å²) in [6.07, 6.45) is 1.46. The van der Waals surface area contributed by atoms with Gasteiger partial charge in [0.25, 0.3) is 0 Å². The van der Waals surface area contributed by atoms with Crippen LogP contribution in [0, 0.1) is 0 Å². The van der Waals surface area contributed by atoms with Gasteiger partial charge in [-0.25, -0.2) is 21.6 Å². The van der Waals surface area contributed by atoms with Crippen molar-refractivity contribution in [3.8, 4) is 0 Å². The zero-order valence-corrected chi connectivity index (χ0v) is 17.8. The standard InChI is InChI=1S/C20H23NO6S2/c1-27-20(22)14-7-9-16(10-8-14)29(25,26)17-11-15(12-21-13-17)18-5-3-4-6-19(18)28(2,23)24/h3-10,15,17,21H,11-13H2,1-2H3. The van der Waals surface area contributed by atoms with Crippen LogP contribution in [-0.4, -0.2) is 54.5 Å². The molecule has 2 aromatic rings. The van der Waals surface area contributed by atoms with Crippen molar-refractivity contribution in [2.45, 2.75) is 27.4 Å². The molecule has 2 aromatic carbocycles. The second-order valence-electron chi connectivity index (χ2n) is 7.08. The molecule has 9 heteroatoms. The first kappa shape index (κ1) is 21.5. The van der Waals surface area contributed by atoms with Gasteiger partial charge in [-0.2, -0.15) is 0 Å². The highest BCUT2D eigenvalue weighted by Crippen LogP contribution is 2.32. The molecule has 7 nitrogen and oxygen atoms in total. The average molecular weight is 438 g/mol. The molecule has 1 aliphatic heterocycles. The van der Waals surface area contributed by atoms with Crippen molar-refractivity contribution >= 4 is 25.6 Å². The third-order valence-electron chi connectivity index (χ3n) is 5.11. The molecule has 0 aromatic heterocycles. The third kappa shape index (κ3) is 4.52. The number of piperidine rings is 1. The van der Waals surface area contributed by atoms with Crippen LogP contribution in [0.5, 0.6) is 0 Å². The van der Waals surface area contributed by atoms with Gasteiger partial charge in [-0.05, 0) is 48.2 Å². The lowest BCUT2D eigenvalue weighted by atomic mass is 9.91. The number of nitrogens with one attached hydrogen (secondary N) is 1. The molecule has 0 spiro atoms. The fourth-order valence-electron chi connectivity index (χ4n) is 3.62. The molecule has 1 N–H and O–H groups in total. The molecular weight excluding hydrogens is 414 g/mol. The zero-order valence-electron chi connectivity index (χ0n) is 16.2. The molecule has 1 fully saturated rings. The number of carbonyl (C=O) groups excluding carboxylic acids is 1. The summed E-state index contributed by atoms with van der Waals surface area (Å²) >= 11 is 0. The molecule has 1 aliphatic rings. The normalized spacial score (nSPS) is 20.2. The van der Waals surface area contributed by atoms with E-state index in [9.17, 15) is 21.6 Å². The lowest BCUT2D eigenvalue weighted by molar-refractivity contribution is 0.0600. The summed E-state index contributed by atoms with van der Waals surface area (Å²) in [6, 6.07) is 12.3. The number of benzene rings is 2. The van der Waals surface area contributed by atoms with Crippen molar-refractivity contribution in [1.82, 2.24) is 5.32 Å². The Bertz CT molecular complexity index is 1110. The summed E-state index contributed by atoms with van der Waals surface area (Å²) in [5.41, 5.74) is 0.900. The lowest BCUT2D eigenvalue weighted by Gasteiger charge is -2.31. The van der Waals surface area contributed by atoms with E-state index in [0.29, 0.717) is 18.5 Å². The van der Waals surface area contributed by atoms with Crippen molar-refractivity contribution in [3.63, 3.8) is 0 Å². The number of rotatable bonds is 5. The van der Waals surface area contributed by atoms with Crippen LogP contribution in [0.25, 0.3) is 0 Å². The fraction of sp³-hybridized carbons (Fsp3) is 0.350. The highest BCUT2D eigenvalue weighted by atomic mass is 32.2. The molecule has 0 bridgehead atoms. The smallest absolute Gasteiger partial charge is 0.337 e. The van der Waals surface area contributed by atoms with Gasteiger partial charge in [0.2, 0.25) is 0 Å². The number of sulfone groups is 2. The van der Waals surface area contributed by atoms with Crippen LogP contribution in [-0.2, 0) is 24.4 Å². The second-order valence-corrected chi connectivity index (χ2v) is 11.3. The van der Waals surface area contributed by atoms with Crippen molar-refractivity contribution in [2.24, 2.45) is 0 Å². The van der Waals surface area contributed by atoms with Crippen molar-refractivity contribution < 1.29 is 26.4 Å². The summed E-state index contributed by atoms with van der Waals surface area (Å²) in [5.74, 6) is -0.783. The van der Waals surface area contributed by atoms with E-state index in [-0.39, 0.29) is 27.8 Å². The van der Waals surface area contributed by atoms with Gasteiger partial charge in [0, 0.05) is 19.3 Å². The number of ether oxygens (including phenoxy) is 1. The Kier molecular flexibility index (Phi) is 6.11. The molecular formula is C20H23NO6S2. The molecule has 2 unspecified atom stereocenters. The number of carbonyl (C=O) groups is 1. The van der Waals surface area contributed by atoms with E-state index in [1.54, 1.807) is 24.3 Å². The van der Waals surface area contributed by atoms with Gasteiger partial charge < -0.3 is 10.1 Å². The Morgan fingerprint density at radius 2 is 1.66 bits per heavy atom. The van der Waals surface area contributed by atoms with Crippen LogP contribution in [0.4, 0.5) is 0 Å². The van der Waals surface area contributed by atoms with E-state index in [1.165, 1.54) is 31.4 Å². The van der Waals surface area contributed by atoms with Crippen molar-refractivity contribution in [1.29, 1.82) is 0 Å². The maximum Gasteiger partial charge on any atom is 0.337 e. The highest BCUT2D eigenvalue weighted by Gasteiger charge is 2.35. The minimum absolute atomic E-state index is 0.119. The van der Waals surface area contributed by atoms with Crippen molar-refractivity contribution in [2.75, 3.05) is 26.5 Å². The predicted molar refractivity (Wildman–Crippen MR) is 109 cm³/mol. The van der Waals surface area contributed by atoms with Gasteiger partial charge >= 0.3 is 5.97 Å². The van der Waals surface area contributed by atoms with E-state index in [1.807, 2.05) is 0 Å². The van der Waals surface area contributed by atoms with E-state index in [2.05, 4.69) is 10.1 Å². The van der Waals surface area contributed by atoms with Crippen LogP contribution >= 0.6 is 0 Å². The van der Waals surface area contributed by atoms with Gasteiger partial charge in [-0.15, -0.1) is 0 Å². The van der Waals surface area contributed by atoms with Gasteiger partial charge in [0.15, 0.2) is 19.7 Å². The Labute approximate surface area is 170 Å². The van der Waals surface area contributed by atoms with E-state index in [0.717, 1.165) is 6.26 Å². The van der Waals surface area contributed by atoms with E-state index in [4.69, 9.17) is 0 Å². The summed E-state index contributed by atoms with van der Waals surface area (Å²) in [4.78, 5) is 11.9. The van der Waals surface area contributed by atoms with E-state index >= 15 is 0 Å². The van der Waals surface area contributed by atoms with Crippen LogP contribution in [0.2, 0.25) is 0 Å². The van der Waals surface area contributed by atoms with Gasteiger partial charge in [0.05, 0.1) is 27.7 Å². The minimum atomic E-state index is -3.66. The molecule has 0 aliphatic carbocycles. The second kappa shape index (κ2) is 8.25. The molecule has 0 saturated carbocycles. The predicted octanol–water partition coefficient (Wildman–Crippen LogP) is 1.80. The number of methoxy groups -OCH3 is 1. The molecule has 0 amide bonds. The minimum Gasteiger partial charge on any atom is -0.465 e. The first-order valence-corrected chi connectivity index (χ1v) is 12.5. The lowest BCUT2D eigenvalue weighted by Crippen LogP contribution is -2.42. The van der Waals surface area contributed by atoms with Crippen LogP contribution in [0.1, 0.15) is 28.3 Å². The Balaban J connectivity index is 1.88. The average Bonchev–Trinajstić information content (AvgIpc) is 2.72. The molecule has 156 valence electrons. The zero-order chi connectivity index (χ0) is 21.2. The van der Waals surface area contributed by atoms with Crippen LogP contribution in [0.15, 0.2) is 58.3 Å². The third-order valence-corrected chi connectivity index (χ3v) is 8.45. The SMILES string of the molecule is COC(=O)c1ccc(S(=O)(=O)C2CNCC(c3ccccc3S(C)(=O)=O)C2)cc1. The Morgan fingerprint density at radius 3 is 2.28 bits per heavy atom. The molecule has 0 radical (unpaired) electrons. The van der Waals surface area contributed by atoms with Crippen LogP contribution < -0.4 is 5.32 Å². The van der Waals surface area contributed by atoms with Gasteiger partial charge in [0.1, 0.15) is 0 Å². The number of esters is 1. The summed E-state index contributed by atoms with van der Waals surface area (Å²) in [7, 11) is -5.83. The molecule has 1 heterocycles. The Hall–Kier alpha value is -2.23. The van der Waals surface area contributed by atoms with Gasteiger partial charge in [-0.3, -0.25) is 0 Å². The molecule has 2 atom stereocenters. The highest BCUT2D eigenvalue weighted by molar-refractivity contribution is 7.92. The monoisotopic (exact) mass is 437 g/mol. The fourth-order valence-corrected chi connectivity index (χ4v) is 6.33. The first-order valence-electron chi connectivity index (χ1n) is 9.06. The first-order chi connectivity index (χ1) is 13.6. The van der Waals surface area contributed by atoms with Gasteiger partial charge in [-0.1, -0.05) is 18.2 Å². The van der Waals surface area contributed by atoms with Crippen LogP contribution in [0.3, 0.4) is 0 Å². The molecule has 3 rings (SSSR count). The van der Waals surface area contributed by atoms with Crippen molar-refractivity contribution in [3.05, 3.63) is 59.7 Å². The maximum atomic E-state index is 13.1. The summed E-state index contributed by atoms with van der Waals surface area (Å²) < 4.78 is 55.1. The summed E-state index contributed by atoms with van der Waals surface area (Å²) in [6.45, 7) is 0.776. The molecule has 1 saturated heterocycles. The summed E-state index contributed by atoms with van der Waals surface area (Å²) in [5, 5.41) is 2.42. The number of hydrogen-bond acceptors (Lipinski definition) is 7. The molecule has 29 heavy (non-hydrogen) atoms. The van der Waals surface area contributed by atoms with E-state index < -0.39 is 30.9 Å².